The molecule has 0 N–H and O–H groups in total. The van der Waals surface area contributed by atoms with Crippen molar-refractivity contribution in [2.24, 2.45) is 0 Å². The van der Waals surface area contributed by atoms with Crippen LogP contribution < -0.4 is 10.5 Å². The second-order valence-corrected chi connectivity index (χ2v) is 8.71. The summed E-state index contributed by atoms with van der Waals surface area (Å²) in [6.45, 7) is 6.26. The highest BCUT2D eigenvalue weighted by molar-refractivity contribution is 5.86. The summed E-state index contributed by atoms with van der Waals surface area (Å²) >= 11 is 0. The van der Waals surface area contributed by atoms with Gasteiger partial charge in [-0.25, -0.2) is 14.4 Å². The van der Waals surface area contributed by atoms with E-state index in [1.165, 1.54) is 6.07 Å². The first-order valence-electron chi connectivity index (χ1n) is 11.2. The number of halogens is 4. The van der Waals surface area contributed by atoms with Crippen LogP contribution in [0.4, 0.5) is 23.4 Å². The highest BCUT2D eigenvalue weighted by atomic mass is 19.4. The van der Waals surface area contributed by atoms with Crippen molar-refractivity contribution in [3.8, 4) is 11.4 Å². The third-order valence-corrected chi connectivity index (χ3v) is 6.26. The van der Waals surface area contributed by atoms with Crippen molar-refractivity contribution in [1.29, 1.82) is 0 Å². The molecule has 9 heteroatoms. The Labute approximate surface area is 189 Å². The van der Waals surface area contributed by atoms with Crippen LogP contribution in [0.25, 0.3) is 22.2 Å². The molecule has 0 bridgehead atoms. The monoisotopic (exact) mass is 462 g/mol. The predicted octanol–water partition coefficient (Wildman–Crippen LogP) is 5.79. The van der Waals surface area contributed by atoms with Crippen molar-refractivity contribution in [3.05, 3.63) is 52.3 Å². The number of aryl methyl sites for hydroxylation is 1. The molecule has 0 radical (unpaired) electrons. The molecule has 0 unspecified atom stereocenters. The summed E-state index contributed by atoms with van der Waals surface area (Å²) in [7, 11) is 0. The fraction of sp³-hybridized carbons (Fsp3) is 0.458. The molecule has 0 spiro atoms. The highest BCUT2D eigenvalue weighted by Gasteiger charge is 2.42. The van der Waals surface area contributed by atoms with Gasteiger partial charge in [-0.2, -0.15) is 13.2 Å². The SMILES string of the molecule is CCCCCn1ccc2cc(-c3ncc(C(F)(F)F)c(N4[C@H](C)C[C@@H]4C)n3)c(F)cc2c1=O. The number of aromatic nitrogens is 3. The first kappa shape index (κ1) is 23.2. The molecule has 1 aliphatic rings. The van der Waals surface area contributed by atoms with Crippen molar-refractivity contribution in [2.75, 3.05) is 4.90 Å². The number of pyridine rings is 1. The summed E-state index contributed by atoms with van der Waals surface area (Å²) in [5.41, 5.74) is -1.28. The molecule has 2 atom stereocenters. The molecule has 1 aromatic carbocycles. The van der Waals surface area contributed by atoms with E-state index in [1.54, 1.807) is 21.7 Å². The predicted molar refractivity (Wildman–Crippen MR) is 120 cm³/mol. The van der Waals surface area contributed by atoms with Crippen LogP contribution in [0.2, 0.25) is 0 Å². The van der Waals surface area contributed by atoms with Gasteiger partial charge in [-0.05, 0) is 50.3 Å². The Morgan fingerprint density at radius 2 is 1.88 bits per heavy atom. The van der Waals surface area contributed by atoms with E-state index in [9.17, 15) is 18.0 Å². The topological polar surface area (TPSA) is 51.0 Å². The van der Waals surface area contributed by atoms with Gasteiger partial charge in [0.15, 0.2) is 5.82 Å². The zero-order valence-corrected chi connectivity index (χ0v) is 18.8. The maximum Gasteiger partial charge on any atom is 0.421 e. The lowest BCUT2D eigenvalue weighted by Crippen LogP contribution is -2.54. The van der Waals surface area contributed by atoms with Crippen molar-refractivity contribution >= 4 is 16.6 Å². The minimum atomic E-state index is -4.63. The van der Waals surface area contributed by atoms with E-state index >= 15 is 4.39 Å². The molecule has 1 saturated heterocycles. The molecule has 1 fully saturated rings. The van der Waals surface area contributed by atoms with E-state index in [0.717, 1.165) is 31.7 Å². The van der Waals surface area contributed by atoms with Crippen LogP contribution in [0.1, 0.15) is 52.0 Å². The normalized spacial score (nSPS) is 18.6. The van der Waals surface area contributed by atoms with Gasteiger partial charge in [0.05, 0.1) is 10.9 Å². The first-order valence-corrected chi connectivity index (χ1v) is 11.2. The summed E-state index contributed by atoms with van der Waals surface area (Å²) < 4.78 is 57.5. The number of alkyl halides is 3. The summed E-state index contributed by atoms with van der Waals surface area (Å²) in [4.78, 5) is 22.4. The van der Waals surface area contributed by atoms with Crippen molar-refractivity contribution < 1.29 is 17.6 Å². The molecule has 2 aromatic heterocycles. The quantitative estimate of drug-likeness (QED) is 0.344. The summed E-state index contributed by atoms with van der Waals surface area (Å²) in [6.07, 6.45) is 1.33. The summed E-state index contributed by atoms with van der Waals surface area (Å²) in [5, 5.41) is 0.700. The van der Waals surface area contributed by atoms with E-state index in [2.05, 4.69) is 16.9 Å². The largest absolute Gasteiger partial charge is 0.421 e. The number of unbranched alkanes of at least 4 members (excludes halogenated alkanes) is 2. The van der Waals surface area contributed by atoms with Crippen LogP contribution in [0.3, 0.4) is 0 Å². The van der Waals surface area contributed by atoms with Crippen LogP contribution in [-0.4, -0.2) is 26.6 Å². The molecule has 3 heterocycles. The van der Waals surface area contributed by atoms with Crippen molar-refractivity contribution in [2.45, 2.75) is 71.3 Å². The van der Waals surface area contributed by atoms with Gasteiger partial charge in [0.25, 0.3) is 5.56 Å². The molecule has 0 aliphatic carbocycles. The minimum absolute atomic E-state index is 0.0403. The average molecular weight is 462 g/mol. The summed E-state index contributed by atoms with van der Waals surface area (Å²) in [6, 6.07) is 4.03. The molecule has 1 aliphatic heterocycles. The van der Waals surface area contributed by atoms with Gasteiger partial charge < -0.3 is 9.47 Å². The Kier molecular flexibility index (Phi) is 6.16. The maximum atomic E-state index is 15.1. The Bertz CT molecular complexity index is 1230. The first-order chi connectivity index (χ1) is 15.6. The third kappa shape index (κ3) is 4.32. The minimum Gasteiger partial charge on any atom is -0.350 e. The number of rotatable bonds is 6. The molecule has 0 amide bonds. The van der Waals surface area contributed by atoms with Gasteiger partial charge >= 0.3 is 6.18 Å². The van der Waals surface area contributed by atoms with Crippen molar-refractivity contribution in [1.82, 2.24) is 14.5 Å². The lowest BCUT2D eigenvalue weighted by atomic mass is 9.95. The fourth-order valence-electron chi connectivity index (χ4n) is 4.52. The van der Waals surface area contributed by atoms with E-state index in [0.29, 0.717) is 18.1 Å². The molecular formula is C24H26F4N4O. The second-order valence-electron chi connectivity index (χ2n) is 8.71. The highest BCUT2D eigenvalue weighted by Crippen LogP contribution is 2.41. The zero-order chi connectivity index (χ0) is 23.9. The van der Waals surface area contributed by atoms with Gasteiger partial charge in [-0.1, -0.05) is 19.8 Å². The zero-order valence-electron chi connectivity index (χ0n) is 18.8. The number of hydrogen-bond acceptors (Lipinski definition) is 4. The molecule has 176 valence electrons. The Morgan fingerprint density at radius 3 is 2.52 bits per heavy atom. The van der Waals surface area contributed by atoms with Crippen LogP contribution >= 0.6 is 0 Å². The number of nitrogens with zero attached hydrogens (tertiary/aromatic N) is 4. The van der Waals surface area contributed by atoms with E-state index in [4.69, 9.17) is 0 Å². The average Bonchev–Trinajstić information content (AvgIpc) is 2.74. The lowest BCUT2D eigenvalue weighted by Gasteiger charge is -2.47. The van der Waals surface area contributed by atoms with E-state index < -0.39 is 17.6 Å². The second kappa shape index (κ2) is 8.76. The van der Waals surface area contributed by atoms with E-state index in [1.807, 2.05) is 13.8 Å². The standard InChI is InChI=1S/C24H26F4N4O/c1-4-5-6-8-31-9-7-16-11-18(20(25)12-17(16)23(31)33)21-29-13-19(24(26,27)28)22(30-21)32-14(2)10-15(32)3/h7,9,11-15H,4-6,8,10H2,1-3H3/t14-,15+. The molecule has 5 nitrogen and oxygen atoms in total. The maximum absolute atomic E-state index is 15.1. The van der Waals surface area contributed by atoms with Crippen LogP contribution in [0.15, 0.2) is 35.4 Å². The van der Waals surface area contributed by atoms with Crippen LogP contribution in [0, 0.1) is 5.82 Å². The third-order valence-electron chi connectivity index (χ3n) is 6.26. The van der Waals surface area contributed by atoms with Crippen LogP contribution in [0.5, 0.6) is 0 Å². The Hall–Kier alpha value is -2.97. The molecule has 3 aromatic rings. The number of hydrogen-bond donors (Lipinski definition) is 0. The van der Waals surface area contributed by atoms with Gasteiger partial charge in [0.1, 0.15) is 17.2 Å². The molecule has 0 saturated carbocycles. The molecule has 4 rings (SSSR count). The fourth-order valence-corrected chi connectivity index (χ4v) is 4.52. The number of anilines is 1. The Balaban J connectivity index is 1.79. The van der Waals surface area contributed by atoms with Gasteiger partial charge in [-0.15, -0.1) is 0 Å². The summed E-state index contributed by atoms with van der Waals surface area (Å²) in [5.74, 6) is -1.14. The van der Waals surface area contributed by atoms with Gasteiger partial charge in [0.2, 0.25) is 0 Å². The molecule has 33 heavy (non-hydrogen) atoms. The van der Waals surface area contributed by atoms with E-state index in [-0.39, 0.29) is 40.2 Å². The Morgan fingerprint density at radius 1 is 1.15 bits per heavy atom. The van der Waals surface area contributed by atoms with Crippen LogP contribution in [-0.2, 0) is 12.7 Å². The lowest BCUT2D eigenvalue weighted by molar-refractivity contribution is -0.137. The number of benzene rings is 1. The molecular weight excluding hydrogens is 436 g/mol. The van der Waals surface area contributed by atoms with Crippen molar-refractivity contribution in [3.63, 3.8) is 0 Å². The van der Waals surface area contributed by atoms with Gasteiger partial charge in [-0.3, -0.25) is 4.79 Å². The smallest absolute Gasteiger partial charge is 0.350 e. The van der Waals surface area contributed by atoms with Gasteiger partial charge in [0, 0.05) is 31.0 Å². The number of fused-ring (bicyclic) bond motifs is 1.